The molecule has 0 spiro atoms. The van der Waals surface area contributed by atoms with Crippen molar-refractivity contribution in [3.05, 3.63) is 20.9 Å². The van der Waals surface area contributed by atoms with Crippen molar-refractivity contribution in [3.63, 3.8) is 0 Å². The third-order valence-corrected chi connectivity index (χ3v) is 2.46. The highest BCUT2D eigenvalue weighted by atomic mass is 127. The number of halogens is 8. The van der Waals surface area contributed by atoms with Crippen molar-refractivity contribution >= 4 is 22.6 Å². The Kier molecular flexibility index (Phi) is 4.28. The zero-order valence-electron chi connectivity index (χ0n) is 8.16. The van der Waals surface area contributed by atoms with E-state index in [2.05, 4.69) is 9.72 Å². The second kappa shape index (κ2) is 5.05. The topological polar surface area (TPSA) is 22.1 Å². The van der Waals surface area contributed by atoms with E-state index >= 15 is 0 Å². The largest absolute Gasteiger partial charge is 0.574 e. The second-order valence-corrected chi connectivity index (χ2v) is 4.12. The molecule has 1 aromatic heterocycles. The van der Waals surface area contributed by atoms with E-state index in [1.807, 2.05) is 0 Å². The molecule has 0 saturated carbocycles. The first-order valence-electron chi connectivity index (χ1n) is 4.13. The van der Waals surface area contributed by atoms with Crippen LogP contribution in [0.1, 0.15) is 11.3 Å². The van der Waals surface area contributed by atoms with E-state index in [9.17, 15) is 30.7 Å². The standard InChI is InChI=1S/C8H3F7INO/c9-2-3-1-4(16)5(7(10,11)12)17-6(3)18-8(13,14)15/h1H,2H2. The maximum Gasteiger partial charge on any atom is 0.574 e. The predicted octanol–water partition coefficient (Wildman–Crippen LogP) is 4.07. The summed E-state index contributed by atoms with van der Waals surface area (Å²) in [4.78, 5) is 2.68. The van der Waals surface area contributed by atoms with Crippen LogP contribution in [0.2, 0.25) is 0 Å². The second-order valence-electron chi connectivity index (χ2n) is 2.96. The number of pyridine rings is 1. The predicted molar refractivity (Wildman–Crippen MR) is 53.5 cm³/mol. The van der Waals surface area contributed by atoms with Crippen LogP contribution in [0.5, 0.6) is 5.88 Å². The van der Waals surface area contributed by atoms with Crippen LogP contribution in [-0.2, 0) is 12.9 Å². The molecular weight excluding hydrogens is 386 g/mol. The molecule has 0 aliphatic heterocycles. The van der Waals surface area contributed by atoms with Gasteiger partial charge in [-0.1, -0.05) is 0 Å². The maximum absolute atomic E-state index is 12.4. The van der Waals surface area contributed by atoms with Gasteiger partial charge in [0, 0.05) is 9.13 Å². The molecule has 0 aliphatic rings. The Bertz CT molecular complexity index is 442. The van der Waals surface area contributed by atoms with Gasteiger partial charge in [0.05, 0.1) is 0 Å². The van der Waals surface area contributed by atoms with Gasteiger partial charge in [0.1, 0.15) is 6.67 Å². The fraction of sp³-hybridized carbons (Fsp3) is 0.375. The molecule has 0 N–H and O–H groups in total. The molecule has 18 heavy (non-hydrogen) atoms. The first kappa shape index (κ1) is 15.2. The summed E-state index contributed by atoms with van der Waals surface area (Å²) in [6, 6.07) is 0.609. The summed E-state index contributed by atoms with van der Waals surface area (Å²) in [5.41, 5.74) is -2.26. The average molecular weight is 389 g/mol. The van der Waals surface area contributed by atoms with Crippen molar-refractivity contribution in [3.8, 4) is 5.88 Å². The molecule has 0 aromatic carbocycles. The highest BCUT2D eigenvalue weighted by Crippen LogP contribution is 2.35. The molecule has 2 nitrogen and oxygen atoms in total. The van der Waals surface area contributed by atoms with Crippen LogP contribution in [-0.4, -0.2) is 11.3 Å². The van der Waals surface area contributed by atoms with E-state index in [1.54, 1.807) is 0 Å². The molecule has 0 amide bonds. The number of alkyl halides is 7. The van der Waals surface area contributed by atoms with E-state index in [4.69, 9.17) is 0 Å². The molecule has 0 unspecified atom stereocenters. The number of ether oxygens (including phenoxy) is 1. The van der Waals surface area contributed by atoms with E-state index in [1.165, 1.54) is 22.6 Å². The number of hydrogen-bond acceptors (Lipinski definition) is 2. The highest BCUT2D eigenvalue weighted by Gasteiger charge is 2.38. The van der Waals surface area contributed by atoms with E-state index in [-0.39, 0.29) is 0 Å². The van der Waals surface area contributed by atoms with Crippen molar-refractivity contribution < 1.29 is 35.5 Å². The zero-order valence-corrected chi connectivity index (χ0v) is 10.3. The SMILES string of the molecule is FCc1cc(I)c(C(F)(F)F)nc1OC(F)(F)F. The lowest BCUT2D eigenvalue weighted by Gasteiger charge is -2.14. The van der Waals surface area contributed by atoms with Crippen LogP contribution >= 0.6 is 22.6 Å². The number of nitrogens with zero attached hydrogens (tertiary/aromatic N) is 1. The van der Waals surface area contributed by atoms with Crippen molar-refractivity contribution in [1.29, 1.82) is 0 Å². The summed E-state index contributed by atoms with van der Waals surface area (Å²) >= 11 is 1.20. The Morgan fingerprint density at radius 1 is 1.17 bits per heavy atom. The van der Waals surface area contributed by atoms with Crippen molar-refractivity contribution in [2.75, 3.05) is 0 Å². The van der Waals surface area contributed by atoms with Gasteiger partial charge in [-0.05, 0) is 28.7 Å². The third-order valence-electron chi connectivity index (χ3n) is 1.64. The first-order chi connectivity index (χ1) is 8.04. The Hall–Kier alpha value is -0.810. The molecule has 10 heteroatoms. The highest BCUT2D eigenvalue weighted by molar-refractivity contribution is 14.1. The summed E-state index contributed by atoms with van der Waals surface area (Å²) in [5.74, 6) is -1.43. The third kappa shape index (κ3) is 3.85. The fourth-order valence-corrected chi connectivity index (χ4v) is 1.80. The molecule has 1 rings (SSSR count). The summed E-state index contributed by atoms with van der Waals surface area (Å²) in [5, 5.41) is 0. The minimum atomic E-state index is -5.24. The molecule has 0 bridgehead atoms. The minimum Gasteiger partial charge on any atom is -0.387 e. The van der Waals surface area contributed by atoms with Crippen LogP contribution in [0, 0.1) is 3.57 Å². The van der Waals surface area contributed by atoms with E-state index < -0.39 is 39.9 Å². The molecule has 0 fully saturated rings. The molecule has 0 radical (unpaired) electrons. The van der Waals surface area contributed by atoms with E-state index in [0.29, 0.717) is 6.07 Å². The maximum atomic E-state index is 12.4. The van der Waals surface area contributed by atoms with Crippen molar-refractivity contribution in [1.82, 2.24) is 4.98 Å². The van der Waals surface area contributed by atoms with Gasteiger partial charge in [0.15, 0.2) is 5.69 Å². The normalized spacial score (nSPS) is 12.7. The van der Waals surface area contributed by atoms with Gasteiger partial charge in [-0.2, -0.15) is 13.2 Å². The molecule has 1 heterocycles. The molecular formula is C8H3F7INO. The van der Waals surface area contributed by atoms with Crippen molar-refractivity contribution in [2.45, 2.75) is 19.2 Å². The Labute approximate surface area is 109 Å². The lowest BCUT2D eigenvalue weighted by molar-refractivity contribution is -0.276. The lowest BCUT2D eigenvalue weighted by Crippen LogP contribution is -2.21. The van der Waals surface area contributed by atoms with Crippen molar-refractivity contribution in [2.24, 2.45) is 0 Å². The fourth-order valence-electron chi connectivity index (χ4n) is 1.00. The van der Waals surface area contributed by atoms with Crippen LogP contribution in [0.25, 0.3) is 0 Å². The number of aromatic nitrogens is 1. The summed E-state index contributed by atoms with van der Waals surface area (Å²) in [6.45, 7) is -1.42. The monoisotopic (exact) mass is 389 g/mol. The van der Waals surface area contributed by atoms with Crippen LogP contribution in [0.3, 0.4) is 0 Å². The summed E-state index contributed by atoms with van der Waals surface area (Å²) < 4.78 is 88.1. The Morgan fingerprint density at radius 2 is 1.72 bits per heavy atom. The number of hydrogen-bond donors (Lipinski definition) is 0. The quantitative estimate of drug-likeness (QED) is 0.562. The summed E-state index contributed by atoms with van der Waals surface area (Å²) in [7, 11) is 0. The van der Waals surface area contributed by atoms with Gasteiger partial charge in [-0.3, -0.25) is 0 Å². The molecule has 0 saturated heterocycles. The zero-order chi connectivity index (χ0) is 14.1. The van der Waals surface area contributed by atoms with Gasteiger partial charge < -0.3 is 4.74 Å². The van der Waals surface area contributed by atoms with Gasteiger partial charge in [-0.25, -0.2) is 9.37 Å². The van der Waals surface area contributed by atoms with Gasteiger partial charge in [0.2, 0.25) is 5.88 Å². The lowest BCUT2D eigenvalue weighted by atomic mass is 10.2. The molecule has 0 aliphatic carbocycles. The first-order valence-corrected chi connectivity index (χ1v) is 5.21. The minimum absolute atomic E-state index is 0.512. The average Bonchev–Trinajstić information content (AvgIpc) is 2.16. The molecule has 0 atom stereocenters. The van der Waals surface area contributed by atoms with Crippen LogP contribution in [0.15, 0.2) is 6.07 Å². The Morgan fingerprint density at radius 3 is 2.11 bits per heavy atom. The molecule has 1 aromatic rings. The Balaban J connectivity index is 3.31. The van der Waals surface area contributed by atoms with Gasteiger partial charge in [0.25, 0.3) is 0 Å². The van der Waals surface area contributed by atoms with Gasteiger partial charge in [-0.15, -0.1) is 13.2 Å². The van der Waals surface area contributed by atoms with E-state index in [0.717, 1.165) is 0 Å². The summed E-state index contributed by atoms with van der Waals surface area (Å²) in [6.07, 6.45) is -10.2. The van der Waals surface area contributed by atoms with Crippen LogP contribution < -0.4 is 4.74 Å². The number of rotatable bonds is 2. The van der Waals surface area contributed by atoms with Gasteiger partial charge >= 0.3 is 12.5 Å². The molecule has 102 valence electrons. The van der Waals surface area contributed by atoms with Crippen LogP contribution in [0.4, 0.5) is 30.7 Å². The smallest absolute Gasteiger partial charge is 0.387 e.